The van der Waals surface area contributed by atoms with Crippen molar-refractivity contribution in [3.63, 3.8) is 0 Å². The molecule has 0 aromatic rings. The van der Waals surface area contributed by atoms with Crippen LogP contribution in [0.1, 0.15) is 66.2 Å². The van der Waals surface area contributed by atoms with Gasteiger partial charge in [0.05, 0.1) is 0 Å². The first-order valence-corrected chi connectivity index (χ1v) is 7.80. The lowest BCUT2D eigenvalue weighted by molar-refractivity contribution is 0.326. The first-order chi connectivity index (χ1) is 8.09. The summed E-state index contributed by atoms with van der Waals surface area (Å²) in [6, 6.07) is 0. The van der Waals surface area contributed by atoms with Crippen LogP contribution in [0.5, 0.6) is 0 Å². The Labute approximate surface area is 109 Å². The third kappa shape index (κ3) is 6.45. The van der Waals surface area contributed by atoms with E-state index in [0.717, 1.165) is 23.7 Å². The molecule has 1 fully saturated rings. The highest BCUT2D eigenvalue weighted by Crippen LogP contribution is 2.35. The molecule has 1 aliphatic rings. The molecule has 1 nitrogen and oxygen atoms in total. The van der Waals surface area contributed by atoms with Gasteiger partial charge in [0.15, 0.2) is 0 Å². The summed E-state index contributed by atoms with van der Waals surface area (Å²) in [4.78, 5) is 0. The molecule has 0 saturated heterocycles. The zero-order valence-corrected chi connectivity index (χ0v) is 12.5. The van der Waals surface area contributed by atoms with Crippen molar-refractivity contribution in [3.05, 3.63) is 0 Å². The average Bonchev–Trinajstić information content (AvgIpc) is 2.65. The topological polar surface area (TPSA) is 12.0 Å². The first kappa shape index (κ1) is 15.0. The zero-order valence-electron chi connectivity index (χ0n) is 12.5. The Morgan fingerprint density at radius 1 is 1.00 bits per heavy atom. The molecule has 2 atom stereocenters. The van der Waals surface area contributed by atoms with Crippen molar-refractivity contribution >= 4 is 0 Å². The van der Waals surface area contributed by atoms with E-state index in [9.17, 15) is 0 Å². The van der Waals surface area contributed by atoms with Crippen LogP contribution < -0.4 is 5.32 Å². The van der Waals surface area contributed by atoms with Crippen molar-refractivity contribution in [1.29, 1.82) is 0 Å². The van der Waals surface area contributed by atoms with E-state index in [1.807, 2.05) is 0 Å². The van der Waals surface area contributed by atoms with Gasteiger partial charge in [-0.3, -0.25) is 0 Å². The molecule has 0 radical (unpaired) electrons. The highest BCUT2D eigenvalue weighted by Gasteiger charge is 2.26. The molecule has 0 aliphatic heterocycles. The first-order valence-electron chi connectivity index (χ1n) is 7.80. The fraction of sp³-hybridized carbons (Fsp3) is 1.00. The molecule has 0 spiro atoms. The molecule has 1 heteroatoms. The van der Waals surface area contributed by atoms with Gasteiger partial charge in [0.1, 0.15) is 0 Å². The van der Waals surface area contributed by atoms with Crippen LogP contribution in [0.3, 0.4) is 0 Å². The van der Waals surface area contributed by atoms with E-state index < -0.39 is 0 Å². The molecule has 2 unspecified atom stereocenters. The van der Waals surface area contributed by atoms with E-state index in [2.05, 4.69) is 33.0 Å². The van der Waals surface area contributed by atoms with Gasteiger partial charge in [0.25, 0.3) is 0 Å². The molecule has 17 heavy (non-hydrogen) atoms. The maximum absolute atomic E-state index is 3.66. The Kier molecular flexibility index (Phi) is 7.18. The summed E-state index contributed by atoms with van der Waals surface area (Å²) in [5.41, 5.74) is 0. The highest BCUT2D eigenvalue weighted by molar-refractivity contribution is 4.79. The SMILES string of the molecule is CC(C)CCCC1CCCC1CNCC(C)C. The fourth-order valence-electron chi connectivity index (χ4n) is 3.11. The zero-order chi connectivity index (χ0) is 12.7. The second-order valence-corrected chi connectivity index (χ2v) is 6.83. The third-order valence-corrected chi connectivity index (χ3v) is 4.13. The Morgan fingerprint density at radius 2 is 1.71 bits per heavy atom. The van der Waals surface area contributed by atoms with E-state index in [1.165, 1.54) is 51.6 Å². The fourth-order valence-corrected chi connectivity index (χ4v) is 3.11. The van der Waals surface area contributed by atoms with Crippen molar-refractivity contribution in [2.24, 2.45) is 23.7 Å². The van der Waals surface area contributed by atoms with Crippen LogP contribution in [0.2, 0.25) is 0 Å². The quantitative estimate of drug-likeness (QED) is 0.659. The van der Waals surface area contributed by atoms with Crippen molar-refractivity contribution < 1.29 is 0 Å². The van der Waals surface area contributed by atoms with E-state index in [0.29, 0.717) is 0 Å². The van der Waals surface area contributed by atoms with E-state index in [1.54, 1.807) is 0 Å². The lowest BCUT2D eigenvalue weighted by atomic mass is 9.89. The van der Waals surface area contributed by atoms with Crippen molar-refractivity contribution in [2.75, 3.05) is 13.1 Å². The Balaban J connectivity index is 2.14. The van der Waals surface area contributed by atoms with Gasteiger partial charge in [-0.25, -0.2) is 0 Å². The second-order valence-electron chi connectivity index (χ2n) is 6.83. The molecule has 0 amide bonds. The molecule has 1 N–H and O–H groups in total. The van der Waals surface area contributed by atoms with Crippen LogP contribution in [0, 0.1) is 23.7 Å². The largest absolute Gasteiger partial charge is 0.316 e. The maximum atomic E-state index is 3.66. The highest BCUT2D eigenvalue weighted by atomic mass is 14.9. The standard InChI is InChI=1S/C16H33N/c1-13(2)7-5-8-15-9-6-10-16(15)12-17-11-14(3)4/h13-17H,5-12H2,1-4H3. The molecule has 0 aromatic carbocycles. The van der Waals surface area contributed by atoms with Gasteiger partial charge in [0, 0.05) is 0 Å². The molecule has 0 aromatic heterocycles. The van der Waals surface area contributed by atoms with Crippen molar-refractivity contribution in [1.82, 2.24) is 5.32 Å². The third-order valence-electron chi connectivity index (χ3n) is 4.13. The van der Waals surface area contributed by atoms with Crippen LogP contribution in [0.25, 0.3) is 0 Å². The van der Waals surface area contributed by atoms with Gasteiger partial charge in [0.2, 0.25) is 0 Å². The van der Waals surface area contributed by atoms with Gasteiger partial charge < -0.3 is 5.32 Å². The predicted octanol–water partition coefficient (Wildman–Crippen LogP) is 4.47. The summed E-state index contributed by atoms with van der Waals surface area (Å²) in [6.07, 6.45) is 8.78. The Hall–Kier alpha value is -0.0400. The van der Waals surface area contributed by atoms with Crippen molar-refractivity contribution in [2.45, 2.75) is 66.2 Å². The lowest BCUT2D eigenvalue weighted by Gasteiger charge is -2.21. The molecule has 102 valence electrons. The van der Waals surface area contributed by atoms with E-state index >= 15 is 0 Å². The molecule has 1 rings (SSSR count). The van der Waals surface area contributed by atoms with E-state index in [4.69, 9.17) is 0 Å². The summed E-state index contributed by atoms with van der Waals surface area (Å²) < 4.78 is 0. The normalized spacial score (nSPS) is 25.1. The average molecular weight is 239 g/mol. The van der Waals surface area contributed by atoms with E-state index in [-0.39, 0.29) is 0 Å². The second kappa shape index (κ2) is 8.13. The number of rotatable bonds is 8. The summed E-state index contributed by atoms with van der Waals surface area (Å²) >= 11 is 0. The van der Waals surface area contributed by atoms with Crippen LogP contribution >= 0.6 is 0 Å². The van der Waals surface area contributed by atoms with Gasteiger partial charge in [-0.1, -0.05) is 59.8 Å². The summed E-state index contributed by atoms with van der Waals surface area (Å²) in [5, 5.41) is 3.66. The van der Waals surface area contributed by atoms with Gasteiger partial charge in [-0.15, -0.1) is 0 Å². The Morgan fingerprint density at radius 3 is 2.35 bits per heavy atom. The maximum Gasteiger partial charge on any atom is -0.00178 e. The van der Waals surface area contributed by atoms with Crippen LogP contribution in [0.15, 0.2) is 0 Å². The minimum atomic E-state index is 0.788. The smallest absolute Gasteiger partial charge is 0.00178 e. The van der Waals surface area contributed by atoms with Gasteiger partial charge >= 0.3 is 0 Å². The summed E-state index contributed by atoms with van der Waals surface area (Å²) in [7, 11) is 0. The molecular formula is C16H33N. The van der Waals surface area contributed by atoms with Crippen LogP contribution in [-0.4, -0.2) is 13.1 Å². The number of nitrogens with one attached hydrogen (secondary N) is 1. The number of hydrogen-bond donors (Lipinski definition) is 1. The molecule has 1 aliphatic carbocycles. The monoisotopic (exact) mass is 239 g/mol. The summed E-state index contributed by atoms with van der Waals surface area (Å²) in [6.45, 7) is 11.7. The van der Waals surface area contributed by atoms with Crippen molar-refractivity contribution in [3.8, 4) is 0 Å². The van der Waals surface area contributed by atoms with Crippen LogP contribution in [-0.2, 0) is 0 Å². The lowest BCUT2D eigenvalue weighted by Crippen LogP contribution is -2.28. The summed E-state index contributed by atoms with van der Waals surface area (Å²) in [5.74, 6) is 3.67. The minimum Gasteiger partial charge on any atom is -0.316 e. The van der Waals surface area contributed by atoms with Crippen LogP contribution in [0.4, 0.5) is 0 Å². The predicted molar refractivity (Wildman–Crippen MR) is 77.2 cm³/mol. The molecular weight excluding hydrogens is 206 g/mol. The molecule has 0 bridgehead atoms. The van der Waals surface area contributed by atoms with Gasteiger partial charge in [-0.05, 0) is 43.2 Å². The number of hydrogen-bond acceptors (Lipinski definition) is 1. The van der Waals surface area contributed by atoms with Gasteiger partial charge in [-0.2, -0.15) is 0 Å². The minimum absolute atomic E-state index is 0.788. The molecule has 0 heterocycles. The Bertz CT molecular complexity index is 166. The molecule has 1 saturated carbocycles.